The smallest absolute Gasteiger partial charge is 0.408 e. The zero-order chi connectivity index (χ0) is 26.1. The van der Waals surface area contributed by atoms with Crippen LogP contribution in [-0.4, -0.2) is 63.4 Å². The van der Waals surface area contributed by atoms with Crippen molar-refractivity contribution in [1.29, 1.82) is 0 Å². The predicted octanol–water partition coefficient (Wildman–Crippen LogP) is 3.25. The third-order valence-corrected chi connectivity index (χ3v) is 5.36. The van der Waals surface area contributed by atoms with Crippen molar-refractivity contribution >= 4 is 17.9 Å². The summed E-state index contributed by atoms with van der Waals surface area (Å²) in [5.41, 5.74) is -0.539. The third kappa shape index (κ3) is 8.52. The fraction of sp³-hybridized carbons (Fsp3) is 0.640. The van der Waals surface area contributed by atoms with Gasteiger partial charge in [0.1, 0.15) is 23.4 Å². The number of phenolic OH excluding ortho intramolecular Hbond substituents is 1. The summed E-state index contributed by atoms with van der Waals surface area (Å²) in [4.78, 5) is 40.8. The molecule has 3 amide bonds. The van der Waals surface area contributed by atoms with Gasteiger partial charge in [0.05, 0.1) is 6.61 Å². The fourth-order valence-corrected chi connectivity index (χ4v) is 3.57. The standard InChI is InChI=1S/C25H41N3O6/c1-8-12-16(3)26-22(31)21(18-13-10-11-14-20(18)30)28(17(4)9-2)23(32)19(15-29)27-24(33)34-25(5,6)7/h10-11,13-14,16-17,19,21,29-30H,8-9,12,15H2,1-7H3,(H,26,31)(H,27,33). The summed E-state index contributed by atoms with van der Waals surface area (Å²) in [6, 6.07) is 3.24. The molecule has 192 valence electrons. The van der Waals surface area contributed by atoms with Crippen molar-refractivity contribution in [3.63, 3.8) is 0 Å². The van der Waals surface area contributed by atoms with E-state index in [-0.39, 0.29) is 17.4 Å². The van der Waals surface area contributed by atoms with Gasteiger partial charge in [-0.2, -0.15) is 0 Å². The minimum absolute atomic E-state index is 0.132. The van der Waals surface area contributed by atoms with E-state index >= 15 is 0 Å². The van der Waals surface area contributed by atoms with Crippen molar-refractivity contribution in [2.45, 2.75) is 97.5 Å². The highest BCUT2D eigenvalue weighted by molar-refractivity contribution is 5.93. The molecule has 4 atom stereocenters. The molecule has 0 spiro atoms. The highest BCUT2D eigenvalue weighted by Gasteiger charge is 2.39. The molecule has 1 aromatic rings. The summed E-state index contributed by atoms with van der Waals surface area (Å²) in [5.74, 6) is -1.24. The highest BCUT2D eigenvalue weighted by Crippen LogP contribution is 2.32. The van der Waals surface area contributed by atoms with Crippen molar-refractivity contribution in [2.75, 3.05) is 6.61 Å². The van der Waals surface area contributed by atoms with Crippen molar-refractivity contribution in [3.8, 4) is 5.75 Å². The number of alkyl carbamates (subject to hydrolysis) is 1. The van der Waals surface area contributed by atoms with Crippen LogP contribution >= 0.6 is 0 Å². The minimum atomic E-state index is -1.34. The topological polar surface area (TPSA) is 128 Å². The first-order chi connectivity index (χ1) is 15.9. The van der Waals surface area contributed by atoms with Gasteiger partial charge >= 0.3 is 6.09 Å². The Labute approximate surface area is 202 Å². The maximum atomic E-state index is 13.7. The second-order valence-electron chi connectivity index (χ2n) is 9.54. The number of benzene rings is 1. The minimum Gasteiger partial charge on any atom is -0.508 e. The summed E-state index contributed by atoms with van der Waals surface area (Å²) in [7, 11) is 0. The number of aromatic hydroxyl groups is 1. The summed E-state index contributed by atoms with van der Waals surface area (Å²) in [6.45, 7) is 11.9. The number of phenols is 1. The molecule has 0 aliphatic carbocycles. The van der Waals surface area contributed by atoms with E-state index < -0.39 is 48.2 Å². The number of ether oxygens (including phenoxy) is 1. The normalized spacial score (nSPS) is 14.9. The number of amides is 3. The maximum absolute atomic E-state index is 13.7. The van der Waals surface area contributed by atoms with Crippen LogP contribution in [0.4, 0.5) is 4.79 Å². The molecule has 4 unspecified atom stereocenters. The Hall–Kier alpha value is -2.81. The second-order valence-corrected chi connectivity index (χ2v) is 9.54. The van der Waals surface area contributed by atoms with Gasteiger partial charge in [-0.15, -0.1) is 0 Å². The largest absolute Gasteiger partial charge is 0.508 e. The average molecular weight is 480 g/mol. The predicted molar refractivity (Wildman–Crippen MR) is 130 cm³/mol. The highest BCUT2D eigenvalue weighted by atomic mass is 16.6. The number of hydrogen-bond donors (Lipinski definition) is 4. The van der Waals surface area contributed by atoms with Crippen LogP contribution in [0.25, 0.3) is 0 Å². The molecule has 1 aromatic carbocycles. The van der Waals surface area contributed by atoms with Gasteiger partial charge in [-0.3, -0.25) is 9.59 Å². The van der Waals surface area contributed by atoms with Crippen LogP contribution in [0.5, 0.6) is 5.75 Å². The monoisotopic (exact) mass is 479 g/mol. The number of rotatable bonds is 11. The van der Waals surface area contributed by atoms with Crippen molar-refractivity contribution in [3.05, 3.63) is 29.8 Å². The molecule has 4 N–H and O–H groups in total. The first kappa shape index (κ1) is 29.2. The molecule has 9 nitrogen and oxygen atoms in total. The molecular weight excluding hydrogens is 438 g/mol. The van der Waals surface area contributed by atoms with Gasteiger partial charge in [-0.05, 0) is 53.5 Å². The molecule has 9 heteroatoms. The maximum Gasteiger partial charge on any atom is 0.408 e. The Kier molecular flexibility index (Phi) is 11.3. The molecule has 0 radical (unpaired) electrons. The molecule has 0 saturated heterocycles. The van der Waals surface area contributed by atoms with Crippen LogP contribution in [0.15, 0.2) is 24.3 Å². The molecule has 1 rings (SSSR count). The zero-order valence-electron chi connectivity index (χ0n) is 21.4. The molecule has 0 aromatic heterocycles. The number of nitrogens with zero attached hydrogens (tertiary/aromatic N) is 1. The number of carbonyl (C=O) groups is 3. The van der Waals surface area contributed by atoms with E-state index in [4.69, 9.17) is 4.74 Å². The van der Waals surface area contributed by atoms with Gasteiger partial charge in [0, 0.05) is 17.6 Å². The Balaban J connectivity index is 3.44. The Morgan fingerprint density at radius 2 is 1.71 bits per heavy atom. The summed E-state index contributed by atoms with van der Waals surface area (Å²) in [5, 5.41) is 25.8. The lowest BCUT2D eigenvalue weighted by atomic mass is 9.98. The van der Waals surface area contributed by atoms with E-state index in [2.05, 4.69) is 10.6 Å². The molecule has 34 heavy (non-hydrogen) atoms. The van der Waals surface area contributed by atoms with E-state index in [1.54, 1.807) is 45.9 Å². The first-order valence-electron chi connectivity index (χ1n) is 11.9. The van der Waals surface area contributed by atoms with Gasteiger partial charge < -0.3 is 30.5 Å². The number of carbonyl (C=O) groups excluding carboxylic acids is 3. The Bertz CT molecular complexity index is 823. The number of aliphatic hydroxyl groups is 1. The molecular formula is C25H41N3O6. The molecule has 0 aliphatic heterocycles. The van der Waals surface area contributed by atoms with Gasteiger partial charge in [0.25, 0.3) is 0 Å². The van der Waals surface area contributed by atoms with Gasteiger partial charge in [0.2, 0.25) is 11.8 Å². The SMILES string of the molecule is CCCC(C)NC(=O)C(c1ccccc1O)N(C(=O)C(CO)NC(=O)OC(C)(C)C)C(C)CC. The number of para-hydroxylation sites is 1. The molecule has 0 fully saturated rings. The van der Waals surface area contributed by atoms with Crippen molar-refractivity contribution in [2.24, 2.45) is 0 Å². The van der Waals surface area contributed by atoms with Crippen LogP contribution in [-0.2, 0) is 14.3 Å². The van der Waals surface area contributed by atoms with E-state index in [1.165, 1.54) is 11.0 Å². The average Bonchev–Trinajstić information content (AvgIpc) is 2.74. The first-order valence-corrected chi connectivity index (χ1v) is 11.9. The lowest BCUT2D eigenvalue weighted by molar-refractivity contribution is -0.146. The third-order valence-electron chi connectivity index (χ3n) is 5.36. The number of aliphatic hydroxyl groups excluding tert-OH is 1. The second kappa shape index (κ2) is 13.2. The van der Waals surface area contributed by atoms with Crippen LogP contribution in [0.2, 0.25) is 0 Å². The van der Waals surface area contributed by atoms with Crippen molar-refractivity contribution in [1.82, 2.24) is 15.5 Å². The van der Waals surface area contributed by atoms with Gasteiger partial charge in [-0.1, -0.05) is 38.5 Å². The quantitative estimate of drug-likeness (QED) is 0.386. The Morgan fingerprint density at radius 3 is 2.21 bits per heavy atom. The Morgan fingerprint density at radius 1 is 1.09 bits per heavy atom. The van der Waals surface area contributed by atoms with E-state index in [0.29, 0.717) is 6.42 Å². The molecule has 0 saturated carbocycles. The van der Waals surface area contributed by atoms with Crippen LogP contribution in [0, 0.1) is 0 Å². The number of nitrogens with one attached hydrogen (secondary N) is 2. The van der Waals surface area contributed by atoms with Crippen LogP contribution in [0.3, 0.4) is 0 Å². The van der Waals surface area contributed by atoms with Gasteiger partial charge in [0.15, 0.2) is 0 Å². The summed E-state index contributed by atoms with van der Waals surface area (Å²) < 4.78 is 5.23. The van der Waals surface area contributed by atoms with E-state index in [9.17, 15) is 24.6 Å². The zero-order valence-corrected chi connectivity index (χ0v) is 21.4. The molecule has 0 heterocycles. The van der Waals surface area contributed by atoms with Crippen molar-refractivity contribution < 1.29 is 29.3 Å². The fourth-order valence-electron chi connectivity index (χ4n) is 3.57. The molecule has 0 aliphatic rings. The molecule has 0 bridgehead atoms. The lowest BCUT2D eigenvalue weighted by Crippen LogP contribution is -2.57. The van der Waals surface area contributed by atoms with Crippen LogP contribution in [0.1, 0.15) is 79.3 Å². The van der Waals surface area contributed by atoms with Gasteiger partial charge in [-0.25, -0.2) is 4.79 Å². The summed E-state index contributed by atoms with van der Waals surface area (Å²) in [6.07, 6.45) is 1.25. The van der Waals surface area contributed by atoms with Crippen LogP contribution < -0.4 is 10.6 Å². The van der Waals surface area contributed by atoms with E-state index in [1.807, 2.05) is 20.8 Å². The number of hydrogen-bond acceptors (Lipinski definition) is 6. The van der Waals surface area contributed by atoms with E-state index in [0.717, 1.165) is 12.8 Å². The lowest BCUT2D eigenvalue weighted by Gasteiger charge is -2.38. The summed E-state index contributed by atoms with van der Waals surface area (Å²) >= 11 is 0.